The van der Waals surface area contributed by atoms with Gasteiger partial charge in [-0.05, 0) is 89.7 Å². The number of aryl methyl sites for hydroxylation is 1. The number of carbonyl (C=O) groups excluding carboxylic acids is 1. The van der Waals surface area contributed by atoms with Crippen molar-refractivity contribution in [3.8, 4) is 5.75 Å². The first-order valence-electron chi connectivity index (χ1n) is 9.03. The van der Waals surface area contributed by atoms with E-state index in [-0.39, 0.29) is 10.8 Å². The van der Waals surface area contributed by atoms with Crippen molar-refractivity contribution in [1.29, 1.82) is 0 Å². The van der Waals surface area contributed by atoms with E-state index in [1.165, 1.54) is 38.4 Å². The van der Waals surface area contributed by atoms with E-state index in [4.69, 9.17) is 4.74 Å². The summed E-state index contributed by atoms with van der Waals surface area (Å²) >= 11 is 2.21. The minimum absolute atomic E-state index is 0.0814. The Bertz CT molecular complexity index is 1180. The van der Waals surface area contributed by atoms with Crippen molar-refractivity contribution in [2.24, 2.45) is 0 Å². The lowest BCUT2D eigenvalue weighted by Crippen LogP contribution is -2.27. The number of benzene rings is 3. The standard InChI is InChI=1S/C22H21IN2O4S/c1-15-14-17(23)10-13-19(15)24-22(26)16-8-11-18(12-9-16)30(27,28)25(2)20-6-4-5-7-21(20)29-3/h4-14H,1-3H3,(H,24,26). The number of amides is 1. The molecule has 0 heterocycles. The molecule has 1 N–H and O–H groups in total. The van der Waals surface area contributed by atoms with Crippen molar-refractivity contribution in [3.63, 3.8) is 0 Å². The molecule has 0 fully saturated rings. The van der Waals surface area contributed by atoms with E-state index in [0.717, 1.165) is 13.4 Å². The van der Waals surface area contributed by atoms with Gasteiger partial charge in [0.25, 0.3) is 15.9 Å². The second kappa shape index (κ2) is 9.05. The van der Waals surface area contributed by atoms with Crippen molar-refractivity contribution >= 4 is 49.9 Å². The van der Waals surface area contributed by atoms with E-state index in [1.807, 2.05) is 25.1 Å². The highest BCUT2D eigenvalue weighted by atomic mass is 127. The fraction of sp³-hybridized carbons (Fsp3) is 0.136. The predicted molar refractivity (Wildman–Crippen MR) is 127 cm³/mol. The van der Waals surface area contributed by atoms with Crippen LogP contribution in [0, 0.1) is 10.5 Å². The van der Waals surface area contributed by atoms with Gasteiger partial charge in [-0.2, -0.15) is 0 Å². The van der Waals surface area contributed by atoms with E-state index in [9.17, 15) is 13.2 Å². The van der Waals surface area contributed by atoms with Gasteiger partial charge in [0.15, 0.2) is 0 Å². The average molecular weight is 536 g/mol. The molecule has 156 valence electrons. The van der Waals surface area contributed by atoms with Gasteiger partial charge in [-0.25, -0.2) is 8.42 Å². The summed E-state index contributed by atoms with van der Waals surface area (Å²) in [6.45, 7) is 1.92. The fourth-order valence-corrected chi connectivity index (χ4v) is 4.77. The minimum Gasteiger partial charge on any atom is -0.495 e. The van der Waals surface area contributed by atoms with Crippen molar-refractivity contribution in [2.75, 3.05) is 23.8 Å². The molecule has 0 aliphatic heterocycles. The number of ether oxygens (including phenoxy) is 1. The number of carbonyl (C=O) groups is 1. The largest absolute Gasteiger partial charge is 0.495 e. The Morgan fingerprint density at radius 3 is 2.33 bits per heavy atom. The normalized spacial score (nSPS) is 11.1. The van der Waals surface area contributed by atoms with Gasteiger partial charge < -0.3 is 10.1 Å². The Hall–Kier alpha value is -2.59. The number of hydrogen-bond acceptors (Lipinski definition) is 4. The van der Waals surface area contributed by atoms with Crippen molar-refractivity contribution in [2.45, 2.75) is 11.8 Å². The monoisotopic (exact) mass is 536 g/mol. The highest BCUT2D eigenvalue weighted by Gasteiger charge is 2.24. The van der Waals surface area contributed by atoms with Crippen molar-refractivity contribution in [1.82, 2.24) is 0 Å². The molecule has 0 aliphatic rings. The first-order chi connectivity index (χ1) is 14.2. The predicted octanol–water partition coefficient (Wildman–Crippen LogP) is 4.69. The number of hydrogen-bond donors (Lipinski definition) is 1. The molecule has 0 aromatic heterocycles. The maximum atomic E-state index is 13.0. The van der Waals surface area contributed by atoms with Crippen molar-refractivity contribution < 1.29 is 17.9 Å². The molecule has 0 unspecified atom stereocenters. The van der Waals surface area contributed by atoms with E-state index >= 15 is 0 Å². The molecule has 0 saturated carbocycles. The lowest BCUT2D eigenvalue weighted by molar-refractivity contribution is 0.102. The molecule has 8 heteroatoms. The molecule has 0 bridgehead atoms. The maximum absolute atomic E-state index is 13.0. The molecule has 0 radical (unpaired) electrons. The van der Waals surface area contributed by atoms with Crippen LogP contribution in [-0.4, -0.2) is 28.5 Å². The Morgan fingerprint density at radius 2 is 1.70 bits per heavy atom. The number of sulfonamides is 1. The molecule has 30 heavy (non-hydrogen) atoms. The van der Waals surface area contributed by atoms with E-state index in [1.54, 1.807) is 24.3 Å². The second-order valence-electron chi connectivity index (χ2n) is 6.58. The summed E-state index contributed by atoms with van der Waals surface area (Å²) in [5.41, 5.74) is 2.46. The zero-order valence-electron chi connectivity index (χ0n) is 16.7. The summed E-state index contributed by atoms with van der Waals surface area (Å²) in [7, 11) is -0.863. The summed E-state index contributed by atoms with van der Waals surface area (Å²) in [4.78, 5) is 12.6. The van der Waals surface area contributed by atoms with Gasteiger partial charge >= 0.3 is 0 Å². The summed E-state index contributed by atoms with van der Waals surface area (Å²) in [6, 6.07) is 18.5. The molecule has 3 rings (SSSR count). The topological polar surface area (TPSA) is 75.7 Å². The first kappa shape index (κ1) is 22.1. The van der Waals surface area contributed by atoms with Crippen molar-refractivity contribution in [3.05, 3.63) is 81.4 Å². The quantitative estimate of drug-likeness (QED) is 0.465. The molecular weight excluding hydrogens is 515 g/mol. The molecule has 6 nitrogen and oxygen atoms in total. The zero-order valence-corrected chi connectivity index (χ0v) is 19.7. The third-order valence-corrected chi connectivity index (χ3v) is 7.09. The fourth-order valence-electron chi connectivity index (χ4n) is 2.92. The van der Waals surface area contributed by atoms with Gasteiger partial charge in [0, 0.05) is 21.9 Å². The number of methoxy groups -OCH3 is 1. The number of para-hydroxylation sites is 2. The summed E-state index contributed by atoms with van der Waals surface area (Å²) in [5, 5.41) is 2.86. The van der Waals surface area contributed by atoms with Gasteiger partial charge in [-0.15, -0.1) is 0 Å². The lowest BCUT2D eigenvalue weighted by atomic mass is 10.1. The van der Waals surface area contributed by atoms with Crippen LogP contribution >= 0.6 is 22.6 Å². The Balaban J connectivity index is 1.82. The Morgan fingerprint density at radius 1 is 1.03 bits per heavy atom. The van der Waals surface area contributed by atoms with Gasteiger partial charge in [-0.3, -0.25) is 9.10 Å². The lowest BCUT2D eigenvalue weighted by Gasteiger charge is -2.21. The summed E-state index contributed by atoms with van der Waals surface area (Å²) in [6.07, 6.45) is 0. The molecule has 3 aromatic rings. The van der Waals surface area contributed by atoms with Gasteiger partial charge in [0.1, 0.15) is 5.75 Å². The molecule has 3 aromatic carbocycles. The Labute approximate surface area is 190 Å². The van der Waals surface area contributed by atoms with E-state index < -0.39 is 10.0 Å². The van der Waals surface area contributed by atoms with Gasteiger partial charge in [-0.1, -0.05) is 12.1 Å². The highest BCUT2D eigenvalue weighted by Crippen LogP contribution is 2.31. The van der Waals surface area contributed by atoms with Crippen LogP contribution in [-0.2, 0) is 10.0 Å². The van der Waals surface area contributed by atoms with Crippen LogP contribution in [0.3, 0.4) is 0 Å². The Kier molecular flexibility index (Phi) is 6.67. The van der Waals surface area contributed by atoms with Crippen LogP contribution in [0.4, 0.5) is 11.4 Å². The molecular formula is C22H21IN2O4S. The number of halogens is 1. The third-order valence-electron chi connectivity index (χ3n) is 4.64. The second-order valence-corrected chi connectivity index (χ2v) is 9.80. The van der Waals surface area contributed by atoms with Gasteiger partial charge in [0.05, 0.1) is 17.7 Å². The molecule has 0 aliphatic carbocycles. The van der Waals surface area contributed by atoms with Crippen LogP contribution in [0.2, 0.25) is 0 Å². The van der Waals surface area contributed by atoms with E-state index in [0.29, 0.717) is 22.7 Å². The van der Waals surface area contributed by atoms with Crippen LogP contribution in [0.15, 0.2) is 71.6 Å². The van der Waals surface area contributed by atoms with E-state index in [2.05, 4.69) is 27.9 Å². The highest BCUT2D eigenvalue weighted by molar-refractivity contribution is 14.1. The number of rotatable bonds is 6. The van der Waals surface area contributed by atoms with Crippen LogP contribution in [0.1, 0.15) is 15.9 Å². The molecule has 0 saturated heterocycles. The number of nitrogens with one attached hydrogen (secondary N) is 1. The summed E-state index contributed by atoms with van der Waals surface area (Å²) < 4.78 is 33.5. The minimum atomic E-state index is -3.82. The SMILES string of the molecule is COc1ccccc1N(C)S(=O)(=O)c1ccc(C(=O)Nc2ccc(I)cc2C)cc1. The maximum Gasteiger partial charge on any atom is 0.264 e. The first-order valence-corrected chi connectivity index (χ1v) is 11.6. The average Bonchev–Trinajstić information content (AvgIpc) is 2.75. The van der Waals surface area contributed by atoms with Crippen LogP contribution in [0.25, 0.3) is 0 Å². The van der Waals surface area contributed by atoms with Gasteiger partial charge in [0.2, 0.25) is 0 Å². The van der Waals surface area contributed by atoms with Crippen LogP contribution in [0.5, 0.6) is 5.75 Å². The molecule has 0 atom stereocenters. The molecule has 1 amide bonds. The summed E-state index contributed by atoms with van der Waals surface area (Å²) in [5.74, 6) is 0.147. The zero-order chi connectivity index (χ0) is 21.9. The van der Waals surface area contributed by atoms with Crippen LogP contribution < -0.4 is 14.4 Å². The molecule has 0 spiro atoms. The third kappa shape index (κ3) is 4.59. The smallest absolute Gasteiger partial charge is 0.264 e. The number of nitrogens with zero attached hydrogens (tertiary/aromatic N) is 1. The number of anilines is 2.